The third-order valence-corrected chi connectivity index (χ3v) is 2.59. The molecule has 0 radical (unpaired) electrons. The number of thiol groups is 1. The Morgan fingerprint density at radius 3 is 2.30 bits per heavy atom. The molecule has 54 valence electrons. The van der Waals surface area contributed by atoms with Crippen LogP contribution in [0.25, 0.3) is 0 Å². The van der Waals surface area contributed by atoms with Crippen molar-refractivity contribution >= 4 is 24.2 Å². The SMILES string of the molecule is Cc1c(S)ccc(Cl)c1C. The first-order valence-electron chi connectivity index (χ1n) is 3.07. The average Bonchev–Trinajstić information content (AvgIpc) is 1.93. The molecule has 0 aromatic heterocycles. The summed E-state index contributed by atoms with van der Waals surface area (Å²) >= 11 is 10.1. The molecule has 1 aromatic rings. The quantitative estimate of drug-likeness (QED) is 0.571. The molecule has 0 fully saturated rings. The van der Waals surface area contributed by atoms with Gasteiger partial charge in [-0.05, 0) is 37.1 Å². The van der Waals surface area contributed by atoms with Gasteiger partial charge >= 0.3 is 0 Å². The summed E-state index contributed by atoms with van der Waals surface area (Å²) in [6, 6.07) is 3.78. The highest BCUT2D eigenvalue weighted by Crippen LogP contribution is 2.23. The smallest absolute Gasteiger partial charge is 0.0438 e. The Kier molecular flexibility index (Phi) is 2.27. The topological polar surface area (TPSA) is 0 Å². The maximum atomic E-state index is 5.85. The molecule has 0 aliphatic rings. The van der Waals surface area contributed by atoms with E-state index in [2.05, 4.69) is 12.6 Å². The van der Waals surface area contributed by atoms with Crippen LogP contribution in [0, 0.1) is 13.8 Å². The number of benzene rings is 1. The zero-order valence-corrected chi connectivity index (χ0v) is 7.63. The highest BCUT2D eigenvalue weighted by molar-refractivity contribution is 7.80. The molecule has 0 N–H and O–H groups in total. The molecule has 1 aromatic carbocycles. The summed E-state index contributed by atoms with van der Waals surface area (Å²) in [5, 5.41) is 0.815. The molecular formula is C8H9ClS. The molecule has 0 bridgehead atoms. The van der Waals surface area contributed by atoms with Crippen molar-refractivity contribution in [1.29, 1.82) is 0 Å². The predicted molar refractivity (Wildman–Crippen MR) is 48.2 cm³/mol. The van der Waals surface area contributed by atoms with E-state index in [4.69, 9.17) is 11.6 Å². The first kappa shape index (κ1) is 7.96. The summed E-state index contributed by atoms with van der Waals surface area (Å²) in [6.45, 7) is 4.01. The molecule has 0 unspecified atom stereocenters. The van der Waals surface area contributed by atoms with E-state index in [-0.39, 0.29) is 0 Å². The lowest BCUT2D eigenvalue weighted by Gasteiger charge is -2.03. The van der Waals surface area contributed by atoms with Crippen LogP contribution in [-0.4, -0.2) is 0 Å². The minimum Gasteiger partial charge on any atom is -0.143 e. The van der Waals surface area contributed by atoms with Crippen molar-refractivity contribution in [2.75, 3.05) is 0 Å². The molecule has 0 spiro atoms. The minimum absolute atomic E-state index is 0.815. The van der Waals surface area contributed by atoms with Crippen LogP contribution in [0.3, 0.4) is 0 Å². The first-order chi connectivity index (χ1) is 4.63. The summed E-state index contributed by atoms with van der Waals surface area (Å²) in [6.07, 6.45) is 0. The van der Waals surface area contributed by atoms with Crippen molar-refractivity contribution in [1.82, 2.24) is 0 Å². The van der Waals surface area contributed by atoms with Gasteiger partial charge in [0.15, 0.2) is 0 Å². The van der Waals surface area contributed by atoms with Crippen molar-refractivity contribution in [3.05, 3.63) is 28.3 Å². The Morgan fingerprint density at radius 1 is 1.20 bits per heavy atom. The van der Waals surface area contributed by atoms with Crippen LogP contribution in [0.15, 0.2) is 17.0 Å². The molecule has 1 rings (SSSR count). The van der Waals surface area contributed by atoms with E-state index in [1.165, 1.54) is 0 Å². The Balaban J connectivity index is 3.34. The van der Waals surface area contributed by atoms with Gasteiger partial charge in [0.25, 0.3) is 0 Å². The van der Waals surface area contributed by atoms with Crippen molar-refractivity contribution in [2.45, 2.75) is 18.7 Å². The normalized spacial score (nSPS) is 10.0. The molecule has 0 aliphatic carbocycles. The number of rotatable bonds is 0. The molecular weight excluding hydrogens is 164 g/mol. The van der Waals surface area contributed by atoms with E-state index < -0.39 is 0 Å². The fourth-order valence-corrected chi connectivity index (χ4v) is 1.22. The molecule has 0 saturated carbocycles. The lowest BCUT2D eigenvalue weighted by Crippen LogP contribution is -1.83. The van der Waals surface area contributed by atoms with Gasteiger partial charge in [0.1, 0.15) is 0 Å². The molecule has 0 amide bonds. The fourth-order valence-electron chi connectivity index (χ4n) is 0.773. The molecule has 0 atom stereocenters. The Bertz CT molecular complexity index is 229. The second-order valence-corrected chi connectivity index (χ2v) is 3.21. The van der Waals surface area contributed by atoms with E-state index in [1.807, 2.05) is 26.0 Å². The van der Waals surface area contributed by atoms with Crippen LogP contribution in [0.5, 0.6) is 0 Å². The van der Waals surface area contributed by atoms with Gasteiger partial charge in [0, 0.05) is 9.92 Å². The van der Waals surface area contributed by atoms with Crippen LogP contribution >= 0.6 is 24.2 Å². The van der Waals surface area contributed by atoms with Crippen molar-refractivity contribution in [3.8, 4) is 0 Å². The Labute approximate surface area is 71.6 Å². The van der Waals surface area contributed by atoms with Gasteiger partial charge in [-0.2, -0.15) is 0 Å². The largest absolute Gasteiger partial charge is 0.143 e. The van der Waals surface area contributed by atoms with E-state index in [0.29, 0.717) is 0 Å². The van der Waals surface area contributed by atoms with Crippen LogP contribution < -0.4 is 0 Å². The fraction of sp³-hybridized carbons (Fsp3) is 0.250. The van der Waals surface area contributed by atoms with E-state index >= 15 is 0 Å². The average molecular weight is 173 g/mol. The van der Waals surface area contributed by atoms with Crippen LogP contribution in [0.1, 0.15) is 11.1 Å². The zero-order valence-electron chi connectivity index (χ0n) is 5.98. The van der Waals surface area contributed by atoms with Gasteiger partial charge in [-0.15, -0.1) is 12.6 Å². The third kappa shape index (κ3) is 1.30. The summed E-state index contributed by atoms with van der Waals surface area (Å²) in [5.41, 5.74) is 2.28. The Morgan fingerprint density at radius 2 is 1.80 bits per heavy atom. The summed E-state index contributed by atoms with van der Waals surface area (Å²) in [4.78, 5) is 1.00. The van der Waals surface area contributed by atoms with E-state index in [1.54, 1.807) is 0 Å². The van der Waals surface area contributed by atoms with Crippen LogP contribution in [-0.2, 0) is 0 Å². The number of hydrogen-bond donors (Lipinski definition) is 1. The van der Waals surface area contributed by atoms with E-state index in [0.717, 1.165) is 21.0 Å². The van der Waals surface area contributed by atoms with Gasteiger partial charge in [-0.1, -0.05) is 11.6 Å². The lowest BCUT2D eigenvalue weighted by molar-refractivity contribution is 1.24. The lowest BCUT2D eigenvalue weighted by atomic mass is 10.1. The zero-order chi connectivity index (χ0) is 7.72. The second-order valence-electron chi connectivity index (χ2n) is 2.32. The third-order valence-electron chi connectivity index (χ3n) is 1.69. The molecule has 0 saturated heterocycles. The summed E-state index contributed by atoms with van der Waals surface area (Å²) in [5.74, 6) is 0. The molecule has 0 aliphatic heterocycles. The molecule has 10 heavy (non-hydrogen) atoms. The Hall–Kier alpha value is -0.140. The van der Waals surface area contributed by atoms with Crippen LogP contribution in [0.4, 0.5) is 0 Å². The highest BCUT2D eigenvalue weighted by atomic mass is 35.5. The first-order valence-corrected chi connectivity index (χ1v) is 3.90. The summed E-state index contributed by atoms with van der Waals surface area (Å²) < 4.78 is 0. The van der Waals surface area contributed by atoms with Crippen LogP contribution in [0.2, 0.25) is 5.02 Å². The van der Waals surface area contributed by atoms with Gasteiger partial charge in [0.05, 0.1) is 0 Å². The standard InChI is InChI=1S/C8H9ClS/c1-5-6(2)8(10)4-3-7(5)9/h3-4,10H,1-2H3. The number of hydrogen-bond acceptors (Lipinski definition) is 1. The molecule has 0 heterocycles. The second kappa shape index (κ2) is 2.85. The molecule has 0 nitrogen and oxygen atoms in total. The van der Waals surface area contributed by atoms with Gasteiger partial charge in [-0.25, -0.2) is 0 Å². The van der Waals surface area contributed by atoms with Gasteiger partial charge in [-0.3, -0.25) is 0 Å². The van der Waals surface area contributed by atoms with Crippen molar-refractivity contribution in [2.24, 2.45) is 0 Å². The highest BCUT2D eigenvalue weighted by Gasteiger charge is 1.99. The number of halogens is 1. The monoisotopic (exact) mass is 172 g/mol. The van der Waals surface area contributed by atoms with Crippen molar-refractivity contribution < 1.29 is 0 Å². The maximum Gasteiger partial charge on any atom is 0.0438 e. The minimum atomic E-state index is 0.815. The van der Waals surface area contributed by atoms with E-state index in [9.17, 15) is 0 Å². The van der Waals surface area contributed by atoms with Gasteiger partial charge < -0.3 is 0 Å². The van der Waals surface area contributed by atoms with Gasteiger partial charge in [0.2, 0.25) is 0 Å². The van der Waals surface area contributed by atoms with Crippen molar-refractivity contribution in [3.63, 3.8) is 0 Å². The maximum absolute atomic E-state index is 5.85. The summed E-state index contributed by atoms with van der Waals surface area (Å²) in [7, 11) is 0. The predicted octanol–water partition coefficient (Wildman–Crippen LogP) is 3.25. The molecule has 2 heteroatoms.